The molecular formula is C20H29N3O. The summed E-state index contributed by atoms with van der Waals surface area (Å²) in [5.74, 6) is 0.237. The smallest absolute Gasteiger partial charge is 0.255 e. The summed E-state index contributed by atoms with van der Waals surface area (Å²) in [6.45, 7) is 8.35. The average Bonchev–Trinajstić information content (AvgIpc) is 3.27. The van der Waals surface area contributed by atoms with E-state index in [1.165, 1.54) is 24.8 Å². The van der Waals surface area contributed by atoms with Crippen molar-refractivity contribution in [2.75, 3.05) is 44.2 Å². The van der Waals surface area contributed by atoms with Gasteiger partial charge in [-0.15, -0.1) is 0 Å². The van der Waals surface area contributed by atoms with Gasteiger partial charge in [0.15, 0.2) is 0 Å². The Morgan fingerprint density at radius 3 is 2.50 bits per heavy atom. The zero-order valence-corrected chi connectivity index (χ0v) is 14.8. The van der Waals surface area contributed by atoms with Gasteiger partial charge in [-0.1, -0.05) is 11.6 Å². The number of amides is 1. The number of piperidine rings is 1. The molecule has 0 bridgehead atoms. The zero-order valence-electron chi connectivity index (χ0n) is 14.8. The third kappa shape index (κ3) is 2.92. The number of benzene rings is 1. The van der Waals surface area contributed by atoms with Crippen molar-refractivity contribution in [2.24, 2.45) is 5.41 Å². The highest BCUT2D eigenvalue weighted by molar-refractivity contribution is 6.00. The van der Waals surface area contributed by atoms with E-state index in [1.807, 2.05) is 0 Å². The minimum Gasteiger partial charge on any atom is -0.371 e. The molecule has 3 saturated heterocycles. The zero-order chi connectivity index (χ0) is 16.6. The Labute approximate surface area is 145 Å². The van der Waals surface area contributed by atoms with Gasteiger partial charge in [-0.25, -0.2) is 0 Å². The summed E-state index contributed by atoms with van der Waals surface area (Å²) in [5, 5.41) is 3.50. The number of carbonyl (C=O) groups excluding carboxylic acids is 1. The van der Waals surface area contributed by atoms with E-state index in [0.29, 0.717) is 5.41 Å². The van der Waals surface area contributed by atoms with Gasteiger partial charge in [0.1, 0.15) is 0 Å². The number of anilines is 1. The van der Waals surface area contributed by atoms with Crippen LogP contribution in [0.3, 0.4) is 0 Å². The van der Waals surface area contributed by atoms with Crippen LogP contribution in [0.1, 0.15) is 48.0 Å². The van der Waals surface area contributed by atoms with Crippen LogP contribution in [0.25, 0.3) is 0 Å². The third-order valence-electron chi connectivity index (χ3n) is 6.27. The number of aryl methyl sites for hydroxylation is 1. The molecule has 0 saturated carbocycles. The maximum Gasteiger partial charge on any atom is 0.255 e. The summed E-state index contributed by atoms with van der Waals surface area (Å²) in [7, 11) is 0. The maximum absolute atomic E-state index is 13.2. The number of hydrogen-bond donors (Lipinski definition) is 1. The quantitative estimate of drug-likeness (QED) is 0.907. The second kappa shape index (κ2) is 6.40. The molecule has 1 aromatic rings. The summed E-state index contributed by atoms with van der Waals surface area (Å²) in [4.78, 5) is 17.7. The normalized spacial score (nSPS) is 23.2. The molecule has 4 heteroatoms. The van der Waals surface area contributed by atoms with Crippen molar-refractivity contribution in [3.8, 4) is 0 Å². The van der Waals surface area contributed by atoms with Gasteiger partial charge in [0.05, 0.1) is 5.56 Å². The van der Waals surface area contributed by atoms with Gasteiger partial charge in [-0.2, -0.15) is 0 Å². The van der Waals surface area contributed by atoms with E-state index in [2.05, 4.69) is 40.2 Å². The fraction of sp³-hybridized carbons (Fsp3) is 0.650. The lowest BCUT2D eigenvalue weighted by atomic mass is 9.77. The Kier molecular flexibility index (Phi) is 4.25. The van der Waals surface area contributed by atoms with Crippen LogP contribution in [0.5, 0.6) is 0 Å². The summed E-state index contributed by atoms with van der Waals surface area (Å²) < 4.78 is 0. The van der Waals surface area contributed by atoms with Crippen LogP contribution >= 0.6 is 0 Å². The molecule has 3 heterocycles. The molecule has 0 aliphatic carbocycles. The minimum absolute atomic E-state index is 0.237. The molecule has 4 rings (SSSR count). The van der Waals surface area contributed by atoms with Crippen molar-refractivity contribution in [3.63, 3.8) is 0 Å². The molecule has 0 aromatic heterocycles. The molecular weight excluding hydrogens is 298 g/mol. The average molecular weight is 327 g/mol. The second-order valence-corrected chi connectivity index (χ2v) is 7.93. The van der Waals surface area contributed by atoms with E-state index in [9.17, 15) is 4.79 Å². The van der Waals surface area contributed by atoms with Gasteiger partial charge >= 0.3 is 0 Å². The molecule has 3 aliphatic rings. The first-order chi connectivity index (χ1) is 11.7. The minimum atomic E-state index is 0.237. The standard InChI is InChI=1S/C20H29N3O/c1-16-4-5-18(22-10-2-3-11-22)17(14-16)19(24)23-12-7-20(8-13-23)6-9-21-15-20/h4-5,14,21H,2-3,6-13,15H2,1H3. The predicted molar refractivity (Wildman–Crippen MR) is 97.7 cm³/mol. The third-order valence-corrected chi connectivity index (χ3v) is 6.27. The van der Waals surface area contributed by atoms with E-state index in [-0.39, 0.29) is 5.91 Å². The highest BCUT2D eigenvalue weighted by Gasteiger charge is 2.38. The first-order valence-electron chi connectivity index (χ1n) is 9.53. The van der Waals surface area contributed by atoms with Crippen LogP contribution in [0.15, 0.2) is 18.2 Å². The van der Waals surface area contributed by atoms with Crippen LogP contribution < -0.4 is 10.2 Å². The van der Waals surface area contributed by atoms with Crippen LogP contribution in [-0.4, -0.2) is 50.1 Å². The molecule has 1 aromatic carbocycles. The van der Waals surface area contributed by atoms with E-state index in [4.69, 9.17) is 0 Å². The molecule has 1 spiro atoms. The van der Waals surface area contributed by atoms with Crippen LogP contribution in [0.4, 0.5) is 5.69 Å². The van der Waals surface area contributed by atoms with Gasteiger partial charge < -0.3 is 15.1 Å². The molecule has 0 radical (unpaired) electrons. The number of carbonyl (C=O) groups is 1. The molecule has 130 valence electrons. The SMILES string of the molecule is Cc1ccc(N2CCCC2)c(C(=O)N2CCC3(CCNC3)CC2)c1. The fourth-order valence-corrected chi connectivity index (χ4v) is 4.63. The van der Waals surface area contributed by atoms with Gasteiger partial charge in [-0.3, -0.25) is 4.79 Å². The lowest BCUT2D eigenvalue weighted by molar-refractivity contribution is 0.0608. The second-order valence-electron chi connectivity index (χ2n) is 7.93. The molecule has 1 N–H and O–H groups in total. The molecule has 3 aliphatic heterocycles. The van der Waals surface area contributed by atoms with E-state index >= 15 is 0 Å². The number of likely N-dealkylation sites (tertiary alicyclic amines) is 1. The van der Waals surface area contributed by atoms with Crippen LogP contribution in [0, 0.1) is 12.3 Å². The lowest BCUT2D eigenvalue weighted by Gasteiger charge is -2.39. The highest BCUT2D eigenvalue weighted by Crippen LogP contribution is 2.37. The maximum atomic E-state index is 13.2. The fourth-order valence-electron chi connectivity index (χ4n) is 4.63. The van der Waals surface area contributed by atoms with Crippen LogP contribution in [-0.2, 0) is 0 Å². The molecule has 24 heavy (non-hydrogen) atoms. The summed E-state index contributed by atoms with van der Waals surface area (Å²) in [5.41, 5.74) is 3.69. The number of nitrogens with one attached hydrogen (secondary N) is 1. The number of nitrogens with zero attached hydrogens (tertiary/aromatic N) is 2. The van der Waals surface area contributed by atoms with Crippen molar-refractivity contribution in [2.45, 2.75) is 39.0 Å². The van der Waals surface area contributed by atoms with Crippen molar-refractivity contribution in [1.82, 2.24) is 10.2 Å². The Bertz CT molecular complexity index is 605. The Hall–Kier alpha value is -1.55. The molecule has 4 nitrogen and oxygen atoms in total. The molecule has 0 atom stereocenters. The Morgan fingerprint density at radius 2 is 1.83 bits per heavy atom. The molecule has 1 amide bonds. The van der Waals surface area contributed by atoms with Crippen LogP contribution in [0.2, 0.25) is 0 Å². The largest absolute Gasteiger partial charge is 0.371 e. The van der Waals surface area contributed by atoms with Gasteiger partial charge in [0.2, 0.25) is 0 Å². The topological polar surface area (TPSA) is 35.6 Å². The molecule has 3 fully saturated rings. The van der Waals surface area contributed by atoms with Crippen molar-refractivity contribution in [3.05, 3.63) is 29.3 Å². The first kappa shape index (κ1) is 15.9. The summed E-state index contributed by atoms with van der Waals surface area (Å²) in [6.07, 6.45) is 6.05. The van der Waals surface area contributed by atoms with Crippen molar-refractivity contribution >= 4 is 11.6 Å². The van der Waals surface area contributed by atoms with Gasteiger partial charge in [0, 0.05) is 38.4 Å². The summed E-state index contributed by atoms with van der Waals surface area (Å²) in [6, 6.07) is 6.39. The Balaban J connectivity index is 1.53. The predicted octanol–water partition coefficient (Wildman–Crippen LogP) is 2.81. The first-order valence-corrected chi connectivity index (χ1v) is 9.53. The Morgan fingerprint density at radius 1 is 1.08 bits per heavy atom. The number of rotatable bonds is 2. The van der Waals surface area contributed by atoms with E-state index in [1.54, 1.807) is 0 Å². The highest BCUT2D eigenvalue weighted by atomic mass is 16.2. The lowest BCUT2D eigenvalue weighted by Crippen LogP contribution is -2.44. The monoisotopic (exact) mass is 327 g/mol. The van der Waals surface area contributed by atoms with Gasteiger partial charge in [0.25, 0.3) is 5.91 Å². The van der Waals surface area contributed by atoms with Crippen molar-refractivity contribution < 1.29 is 4.79 Å². The summed E-state index contributed by atoms with van der Waals surface area (Å²) >= 11 is 0. The van der Waals surface area contributed by atoms with E-state index < -0.39 is 0 Å². The number of hydrogen-bond acceptors (Lipinski definition) is 3. The van der Waals surface area contributed by atoms with Gasteiger partial charge in [-0.05, 0) is 63.1 Å². The van der Waals surface area contributed by atoms with E-state index in [0.717, 1.165) is 63.4 Å². The van der Waals surface area contributed by atoms with Crippen molar-refractivity contribution in [1.29, 1.82) is 0 Å². The molecule has 0 unspecified atom stereocenters.